The topological polar surface area (TPSA) is 49.4 Å². The fourth-order valence-electron chi connectivity index (χ4n) is 2.11. The van der Waals surface area contributed by atoms with E-state index in [1.807, 2.05) is 0 Å². The number of unbranched alkanes of at least 4 members (excludes halogenated alkanes) is 1. The summed E-state index contributed by atoms with van der Waals surface area (Å²) in [5.41, 5.74) is 0.584. The molecule has 2 amide bonds. The van der Waals surface area contributed by atoms with Crippen LogP contribution in [0.1, 0.15) is 38.7 Å². The lowest BCUT2D eigenvalue weighted by Gasteiger charge is -2.21. The minimum atomic E-state index is -0.261. The zero-order chi connectivity index (χ0) is 16.4. The van der Waals surface area contributed by atoms with Crippen molar-refractivity contribution in [1.29, 1.82) is 0 Å². The predicted octanol–water partition coefficient (Wildman–Crippen LogP) is 2.52. The minimum absolute atomic E-state index is 0.0504. The Morgan fingerprint density at radius 2 is 1.95 bits per heavy atom. The number of rotatable bonds is 9. The molecular formula is C17H25FN2O2. The van der Waals surface area contributed by atoms with Crippen molar-refractivity contribution in [3.8, 4) is 0 Å². The molecule has 0 spiro atoms. The van der Waals surface area contributed by atoms with E-state index >= 15 is 0 Å². The number of amides is 2. The van der Waals surface area contributed by atoms with E-state index in [0.29, 0.717) is 31.6 Å². The van der Waals surface area contributed by atoms with E-state index in [-0.39, 0.29) is 24.1 Å². The van der Waals surface area contributed by atoms with Crippen molar-refractivity contribution in [2.75, 3.05) is 19.6 Å². The molecule has 0 saturated heterocycles. The standard InChI is InChI=1S/C17H25FN2O2/c1-3-4-11-19-17(22)10-13-20(14(2)21)12-9-15-7-5-6-8-16(15)18/h5-8H,3-4,9-13H2,1-2H3,(H,19,22). The third kappa shape index (κ3) is 6.70. The van der Waals surface area contributed by atoms with Crippen LogP contribution in [-0.2, 0) is 16.0 Å². The fraction of sp³-hybridized carbons (Fsp3) is 0.529. The van der Waals surface area contributed by atoms with Crippen LogP contribution in [0.4, 0.5) is 4.39 Å². The normalized spacial score (nSPS) is 10.3. The van der Waals surface area contributed by atoms with Gasteiger partial charge in [-0.05, 0) is 24.5 Å². The van der Waals surface area contributed by atoms with Gasteiger partial charge in [0.25, 0.3) is 0 Å². The van der Waals surface area contributed by atoms with Crippen LogP contribution in [0.15, 0.2) is 24.3 Å². The SMILES string of the molecule is CCCCNC(=O)CCN(CCc1ccccc1F)C(C)=O. The molecule has 0 fully saturated rings. The zero-order valence-corrected chi connectivity index (χ0v) is 13.4. The van der Waals surface area contributed by atoms with Gasteiger partial charge in [-0.25, -0.2) is 4.39 Å². The summed E-state index contributed by atoms with van der Waals surface area (Å²) in [6, 6.07) is 6.54. The summed E-state index contributed by atoms with van der Waals surface area (Å²) in [6.07, 6.45) is 2.71. The van der Waals surface area contributed by atoms with Crippen LogP contribution < -0.4 is 5.32 Å². The van der Waals surface area contributed by atoms with Gasteiger partial charge in [0.2, 0.25) is 11.8 Å². The molecule has 1 rings (SSSR count). The lowest BCUT2D eigenvalue weighted by atomic mass is 10.1. The van der Waals surface area contributed by atoms with Gasteiger partial charge < -0.3 is 10.2 Å². The molecule has 22 heavy (non-hydrogen) atoms. The third-order valence-electron chi connectivity index (χ3n) is 3.52. The molecule has 1 aromatic rings. The Morgan fingerprint density at radius 1 is 1.23 bits per heavy atom. The number of carbonyl (C=O) groups excluding carboxylic acids is 2. The molecule has 1 aromatic carbocycles. The molecular weight excluding hydrogens is 283 g/mol. The minimum Gasteiger partial charge on any atom is -0.356 e. The maximum Gasteiger partial charge on any atom is 0.221 e. The first kappa shape index (κ1) is 18.1. The van der Waals surface area contributed by atoms with Gasteiger partial charge >= 0.3 is 0 Å². The summed E-state index contributed by atoms with van der Waals surface area (Å²) in [5.74, 6) is -0.411. The highest BCUT2D eigenvalue weighted by atomic mass is 19.1. The lowest BCUT2D eigenvalue weighted by Crippen LogP contribution is -2.35. The average molecular weight is 308 g/mol. The van der Waals surface area contributed by atoms with Crippen LogP contribution in [0, 0.1) is 5.82 Å². The van der Waals surface area contributed by atoms with Crippen molar-refractivity contribution >= 4 is 11.8 Å². The maximum absolute atomic E-state index is 13.6. The number of nitrogens with zero attached hydrogens (tertiary/aromatic N) is 1. The molecule has 0 aromatic heterocycles. The van der Waals surface area contributed by atoms with E-state index < -0.39 is 0 Å². The number of carbonyl (C=O) groups is 2. The van der Waals surface area contributed by atoms with Gasteiger partial charge in [0.05, 0.1) is 0 Å². The summed E-state index contributed by atoms with van der Waals surface area (Å²) in [6.45, 7) is 4.98. The highest BCUT2D eigenvalue weighted by molar-refractivity contribution is 5.77. The molecule has 0 aliphatic rings. The van der Waals surface area contributed by atoms with Crippen LogP contribution in [0.3, 0.4) is 0 Å². The summed E-state index contributed by atoms with van der Waals surface area (Å²) >= 11 is 0. The average Bonchev–Trinajstić information content (AvgIpc) is 2.48. The van der Waals surface area contributed by atoms with Gasteiger partial charge in [-0.15, -0.1) is 0 Å². The van der Waals surface area contributed by atoms with Gasteiger partial charge in [-0.2, -0.15) is 0 Å². The Balaban J connectivity index is 2.41. The number of hydrogen-bond donors (Lipinski definition) is 1. The van der Waals surface area contributed by atoms with E-state index in [4.69, 9.17) is 0 Å². The fourth-order valence-corrected chi connectivity index (χ4v) is 2.11. The first-order chi connectivity index (χ1) is 10.5. The number of hydrogen-bond acceptors (Lipinski definition) is 2. The summed E-state index contributed by atoms with van der Waals surface area (Å²) < 4.78 is 13.6. The highest BCUT2D eigenvalue weighted by Gasteiger charge is 2.12. The molecule has 5 heteroatoms. The number of halogens is 1. The van der Waals surface area contributed by atoms with Gasteiger partial charge in [0.15, 0.2) is 0 Å². The Morgan fingerprint density at radius 3 is 2.59 bits per heavy atom. The van der Waals surface area contributed by atoms with Crippen molar-refractivity contribution in [2.45, 2.75) is 39.5 Å². The Labute approximate surface area is 131 Å². The molecule has 0 saturated carbocycles. The highest BCUT2D eigenvalue weighted by Crippen LogP contribution is 2.08. The van der Waals surface area contributed by atoms with Crippen molar-refractivity contribution in [1.82, 2.24) is 10.2 Å². The van der Waals surface area contributed by atoms with Crippen LogP contribution >= 0.6 is 0 Å². The number of benzene rings is 1. The molecule has 0 aliphatic heterocycles. The van der Waals surface area contributed by atoms with Crippen LogP contribution in [0.25, 0.3) is 0 Å². The predicted molar refractivity (Wildman–Crippen MR) is 84.9 cm³/mol. The first-order valence-electron chi connectivity index (χ1n) is 7.80. The Kier molecular flexibility index (Phi) is 8.18. The molecule has 4 nitrogen and oxygen atoms in total. The van der Waals surface area contributed by atoms with Crippen LogP contribution in [0.2, 0.25) is 0 Å². The molecule has 122 valence electrons. The van der Waals surface area contributed by atoms with Gasteiger partial charge in [0.1, 0.15) is 5.82 Å². The summed E-state index contributed by atoms with van der Waals surface area (Å²) in [4.78, 5) is 24.9. The van der Waals surface area contributed by atoms with Crippen LogP contribution in [0.5, 0.6) is 0 Å². The van der Waals surface area contributed by atoms with E-state index in [1.54, 1.807) is 23.1 Å². The van der Waals surface area contributed by atoms with E-state index in [2.05, 4.69) is 12.2 Å². The second kappa shape index (κ2) is 9.92. The van der Waals surface area contributed by atoms with E-state index in [1.165, 1.54) is 13.0 Å². The quantitative estimate of drug-likeness (QED) is 0.713. The molecule has 0 atom stereocenters. The lowest BCUT2D eigenvalue weighted by molar-refractivity contribution is -0.129. The summed E-state index contributed by atoms with van der Waals surface area (Å²) in [5, 5.41) is 2.82. The van der Waals surface area contributed by atoms with Crippen molar-refractivity contribution in [2.24, 2.45) is 0 Å². The molecule has 0 aliphatic carbocycles. The second-order valence-corrected chi connectivity index (χ2v) is 5.30. The Hall–Kier alpha value is -1.91. The van der Waals surface area contributed by atoms with Crippen molar-refractivity contribution < 1.29 is 14.0 Å². The molecule has 0 bridgehead atoms. The van der Waals surface area contributed by atoms with Gasteiger partial charge in [-0.1, -0.05) is 31.5 Å². The van der Waals surface area contributed by atoms with Crippen molar-refractivity contribution in [3.63, 3.8) is 0 Å². The zero-order valence-electron chi connectivity index (χ0n) is 13.4. The van der Waals surface area contributed by atoms with E-state index in [9.17, 15) is 14.0 Å². The third-order valence-corrected chi connectivity index (χ3v) is 3.52. The van der Waals surface area contributed by atoms with Crippen LogP contribution in [-0.4, -0.2) is 36.3 Å². The monoisotopic (exact) mass is 308 g/mol. The smallest absolute Gasteiger partial charge is 0.221 e. The van der Waals surface area contributed by atoms with Crippen molar-refractivity contribution in [3.05, 3.63) is 35.6 Å². The molecule has 1 N–H and O–H groups in total. The van der Waals surface area contributed by atoms with E-state index in [0.717, 1.165) is 12.8 Å². The molecule has 0 unspecified atom stereocenters. The second-order valence-electron chi connectivity index (χ2n) is 5.30. The van der Waals surface area contributed by atoms with Gasteiger partial charge in [-0.3, -0.25) is 9.59 Å². The Bertz CT molecular complexity index is 491. The first-order valence-corrected chi connectivity index (χ1v) is 7.80. The molecule has 0 heterocycles. The summed E-state index contributed by atoms with van der Waals surface area (Å²) in [7, 11) is 0. The number of nitrogens with one attached hydrogen (secondary N) is 1. The largest absolute Gasteiger partial charge is 0.356 e. The van der Waals surface area contributed by atoms with Gasteiger partial charge in [0, 0.05) is 33.0 Å². The molecule has 0 radical (unpaired) electrons. The maximum atomic E-state index is 13.6.